The average Bonchev–Trinajstić information content (AvgIpc) is 3.32. The fourth-order valence-corrected chi connectivity index (χ4v) is 2.48. The van der Waals surface area contributed by atoms with Gasteiger partial charge in [-0.3, -0.25) is 4.79 Å². The Labute approximate surface area is 128 Å². The minimum atomic E-state index is -1.45. The molecule has 1 fully saturated rings. The van der Waals surface area contributed by atoms with Crippen LogP contribution in [0.2, 0.25) is 0 Å². The zero-order valence-electron chi connectivity index (χ0n) is 11.8. The van der Waals surface area contributed by atoms with Gasteiger partial charge in [0.25, 0.3) is 0 Å². The van der Waals surface area contributed by atoms with Crippen LogP contribution in [0.4, 0.5) is 8.78 Å². The van der Waals surface area contributed by atoms with Gasteiger partial charge in [-0.2, -0.15) is 0 Å². The highest BCUT2D eigenvalue weighted by molar-refractivity contribution is 5.93. The van der Waals surface area contributed by atoms with E-state index >= 15 is 0 Å². The van der Waals surface area contributed by atoms with Gasteiger partial charge in [0.15, 0.2) is 5.82 Å². The van der Waals surface area contributed by atoms with Crippen LogP contribution in [0.15, 0.2) is 17.1 Å². The van der Waals surface area contributed by atoms with E-state index in [1.54, 1.807) is 0 Å². The highest BCUT2D eigenvalue weighted by Gasteiger charge is 2.29. The molecule has 1 aliphatic rings. The molecule has 1 saturated carbocycles. The topological polar surface area (TPSA) is 79.5 Å². The maximum atomic E-state index is 14.7. The van der Waals surface area contributed by atoms with Gasteiger partial charge in [-0.05, 0) is 18.9 Å². The molecule has 3 rings (SSSR count). The Morgan fingerprint density at radius 3 is 2.65 bits per heavy atom. The van der Waals surface area contributed by atoms with Crippen molar-refractivity contribution < 1.29 is 23.8 Å². The van der Waals surface area contributed by atoms with Gasteiger partial charge in [0.05, 0.1) is 16.5 Å². The van der Waals surface area contributed by atoms with Crippen LogP contribution >= 0.6 is 0 Å². The van der Waals surface area contributed by atoms with Crippen molar-refractivity contribution in [1.29, 1.82) is 0 Å². The lowest BCUT2D eigenvalue weighted by atomic mass is 10.1. The smallest absolute Gasteiger partial charge is 0.341 e. The quantitative estimate of drug-likeness (QED) is 0.825. The summed E-state index contributed by atoms with van der Waals surface area (Å²) in [4.78, 5) is 23.4. The zero-order valence-corrected chi connectivity index (χ0v) is 11.8. The molecule has 0 amide bonds. The number of aliphatic hydroxyl groups is 1. The molecule has 0 spiro atoms. The molecule has 1 aliphatic carbocycles. The normalized spacial score (nSPS) is 13.7. The van der Waals surface area contributed by atoms with E-state index in [0.29, 0.717) is 12.8 Å². The third kappa shape index (κ3) is 2.47. The molecular formula is C16H11F2NO4. The van der Waals surface area contributed by atoms with Crippen molar-refractivity contribution in [2.24, 2.45) is 0 Å². The summed E-state index contributed by atoms with van der Waals surface area (Å²) in [5.74, 6) is 0.803. The summed E-state index contributed by atoms with van der Waals surface area (Å²) in [6, 6.07) is 0.669. The number of aromatic carboxylic acids is 1. The molecule has 1 heterocycles. The van der Waals surface area contributed by atoms with Gasteiger partial charge in [-0.15, -0.1) is 0 Å². The highest BCUT2D eigenvalue weighted by Crippen LogP contribution is 2.38. The van der Waals surface area contributed by atoms with Crippen molar-refractivity contribution in [1.82, 2.24) is 4.57 Å². The zero-order chi connectivity index (χ0) is 16.7. The Kier molecular flexibility index (Phi) is 3.62. The Bertz CT molecular complexity index is 949. The fourth-order valence-electron chi connectivity index (χ4n) is 2.48. The molecule has 0 radical (unpaired) electrons. The molecule has 5 nitrogen and oxygen atoms in total. The second-order valence-electron chi connectivity index (χ2n) is 5.22. The number of aromatic nitrogens is 1. The van der Waals surface area contributed by atoms with Gasteiger partial charge < -0.3 is 14.8 Å². The first kappa shape index (κ1) is 15.2. The van der Waals surface area contributed by atoms with E-state index in [0.717, 1.165) is 12.3 Å². The van der Waals surface area contributed by atoms with Gasteiger partial charge in [-0.25, -0.2) is 13.6 Å². The number of hydrogen-bond donors (Lipinski definition) is 2. The number of benzene rings is 1. The Balaban J connectivity index is 2.45. The fraction of sp³-hybridized carbons (Fsp3) is 0.250. The molecule has 7 heteroatoms. The van der Waals surface area contributed by atoms with Crippen molar-refractivity contribution in [3.05, 3.63) is 45.2 Å². The average molecular weight is 319 g/mol. The number of hydrogen-bond acceptors (Lipinski definition) is 3. The predicted molar refractivity (Wildman–Crippen MR) is 77.3 cm³/mol. The third-order valence-electron chi connectivity index (χ3n) is 3.67. The highest BCUT2D eigenvalue weighted by atomic mass is 19.1. The predicted octanol–water partition coefficient (Wildman–Crippen LogP) is 1.66. The second-order valence-corrected chi connectivity index (χ2v) is 5.22. The molecule has 0 atom stereocenters. The molecule has 118 valence electrons. The number of carbonyl (C=O) groups is 1. The summed E-state index contributed by atoms with van der Waals surface area (Å²) in [5.41, 5.74) is -2.18. The number of carboxylic acid groups (broad SMARTS) is 1. The molecule has 1 aromatic carbocycles. The van der Waals surface area contributed by atoms with Crippen LogP contribution < -0.4 is 5.43 Å². The van der Waals surface area contributed by atoms with Gasteiger partial charge in [0, 0.05) is 12.2 Å². The first-order valence-electron chi connectivity index (χ1n) is 6.85. The maximum absolute atomic E-state index is 14.7. The summed E-state index contributed by atoms with van der Waals surface area (Å²) in [7, 11) is 0. The summed E-state index contributed by atoms with van der Waals surface area (Å²) in [6.45, 7) is -0.565. The minimum absolute atomic E-state index is 0.130. The number of halogens is 2. The standard InChI is InChI=1S/C16H11F2NO4/c17-12-6-10-14(13(18)9(12)2-1-5-20)19(8-3-4-8)7-11(15(10)21)16(22)23/h6-8,20H,3-5H2,(H,22,23). The van der Waals surface area contributed by atoms with Crippen LogP contribution in [0, 0.1) is 23.5 Å². The van der Waals surface area contributed by atoms with E-state index in [1.807, 2.05) is 0 Å². The molecular weight excluding hydrogens is 308 g/mol. The number of pyridine rings is 1. The Morgan fingerprint density at radius 1 is 1.39 bits per heavy atom. The van der Waals surface area contributed by atoms with E-state index in [4.69, 9.17) is 10.2 Å². The van der Waals surface area contributed by atoms with E-state index in [9.17, 15) is 18.4 Å². The molecule has 0 bridgehead atoms. The van der Waals surface area contributed by atoms with Crippen molar-refractivity contribution in [3.63, 3.8) is 0 Å². The summed E-state index contributed by atoms with van der Waals surface area (Å²) in [5, 5.41) is 17.5. The lowest BCUT2D eigenvalue weighted by molar-refractivity contribution is 0.0695. The van der Waals surface area contributed by atoms with E-state index in [2.05, 4.69) is 11.8 Å². The number of fused-ring (bicyclic) bond motifs is 1. The van der Waals surface area contributed by atoms with Crippen molar-refractivity contribution in [2.45, 2.75) is 18.9 Å². The van der Waals surface area contributed by atoms with Gasteiger partial charge in [0.1, 0.15) is 18.0 Å². The molecule has 2 N–H and O–H groups in total. The van der Waals surface area contributed by atoms with Crippen LogP contribution in [0.1, 0.15) is 34.8 Å². The third-order valence-corrected chi connectivity index (χ3v) is 3.67. The van der Waals surface area contributed by atoms with Gasteiger partial charge >= 0.3 is 5.97 Å². The number of nitrogens with zero attached hydrogens (tertiary/aromatic N) is 1. The lowest BCUT2D eigenvalue weighted by Crippen LogP contribution is -2.20. The molecule has 0 saturated heterocycles. The number of aliphatic hydroxyl groups excluding tert-OH is 1. The lowest BCUT2D eigenvalue weighted by Gasteiger charge is -2.13. The molecule has 0 unspecified atom stereocenters. The van der Waals surface area contributed by atoms with Crippen LogP contribution in [-0.2, 0) is 0 Å². The summed E-state index contributed by atoms with van der Waals surface area (Å²) in [6.07, 6.45) is 2.52. The van der Waals surface area contributed by atoms with E-state index < -0.39 is 40.8 Å². The Morgan fingerprint density at radius 2 is 2.09 bits per heavy atom. The molecule has 0 aliphatic heterocycles. The first-order valence-corrected chi connectivity index (χ1v) is 6.85. The number of carboxylic acids is 1. The van der Waals surface area contributed by atoms with Crippen LogP contribution in [0.25, 0.3) is 10.9 Å². The van der Waals surface area contributed by atoms with Crippen LogP contribution in [-0.4, -0.2) is 27.4 Å². The molecule has 2 aromatic rings. The van der Waals surface area contributed by atoms with Crippen molar-refractivity contribution in [3.8, 4) is 11.8 Å². The van der Waals surface area contributed by atoms with Crippen LogP contribution in [0.3, 0.4) is 0 Å². The summed E-state index contributed by atoms with van der Waals surface area (Å²) >= 11 is 0. The monoisotopic (exact) mass is 319 g/mol. The van der Waals surface area contributed by atoms with Gasteiger partial charge in [-0.1, -0.05) is 11.8 Å². The van der Waals surface area contributed by atoms with Crippen molar-refractivity contribution >= 4 is 16.9 Å². The first-order chi connectivity index (χ1) is 11.0. The molecule has 23 heavy (non-hydrogen) atoms. The SMILES string of the molecule is O=C(O)c1cn(C2CC2)c2c(F)c(C#CCO)c(F)cc2c1=O. The maximum Gasteiger partial charge on any atom is 0.341 e. The second kappa shape index (κ2) is 5.48. The van der Waals surface area contributed by atoms with Crippen molar-refractivity contribution in [2.75, 3.05) is 6.61 Å². The van der Waals surface area contributed by atoms with E-state index in [1.165, 1.54) is 4.57 Å². The Hall–Kier alpha value is -2.72. The van der Waals surface area contributed by atoms with Gasteiger partial charge in [0.2, 0.25) is 5.43 Å². The molecule has 1 aromatic heterocycles. The van der Waals surface area contributed by atoms with Crippen LogP contribution in [0.5, 0.6) is 0 Å². The largest absolute Gasteiger partial charge is 0.477 e. The number of rotatable bonds is 2. The summed E-state index contributed by atoms with van der Waals surface area (Å²) < 4.78 is 30.1. The minimum Gasteiger partial charge on any atom is -0.477 e. The van der Waals surface area contributed by atoms with E-state index in [-0.39, 0.29) is 16.9 Å².